The SMILES string of the molecule is COCn1cc(NC(=O)Cn2nc(C(F)(F)F)cc2C)cn1. The first kappa shape index (κ1) is 16.0. The summed E-state index contributed by atoms with van der Waals surface area (Å²) in [5.74, 6) is -0.503. The van der Waals surface area contributed by atoms with Gasteiger partial charge in [-0.1, -0.05) is 0 Å². The minimum absolute atomic E-state index is 0.225. The number of carbonyl (C=O) groups excluding carboxylic acids is 1. The molecular formula is C12H14F3N5O2. The summed E-state index contributed by atoms with van der Waals surface area (Å²) in [6.07, 6.45) is -1.58. The summed E-state index contributed by atoms with van der Waals surface area (Å²) in [6, 6.07) is 0.893. The lowest BCUT2D eigenvalue weighted by Crippen LogP contribution is -2.20. The first-order chi connectivity index (χ1) is 10.3. The molecule has 1 amide bonds. The molecule has 0 saturated carbocycles. The Bertz CT molecular complexity index is 662. The molecule has 2 aromatic heterocycles. The zero-order valence-corrected chi connectivity index (χ0v) is 11.9. The lowest BCUT2D eigenvalue weighted by atomic mass is 10.3. The van der Waals surface area contributed by atoms with E-state index in [1.54, 1.807) is 6.20 Å². The molecule has 0 aliphatic carbocycles. The van der Waals surface area contributed by atoms with E-state index < -0.39 is 17.8 Å². The monoisotopic (exact) mass is 317 g/mol. The summed E-state index contributed by atoms with van der Waals surface area (Å²) in [6.45, 7) is 1.35. The van der Waals surface area contributed by atoms with E-state index in [1.165, 1.54) is 24.9 Å². The van der Waals surface area contributed by atoms with Gasteiger partial charge in [0.1, 0.15) is 13.3 Å². The van der Waals surface area contributed by atoms with Gasteiger partial charge in [0.2, 0.25) is 5.91 Å². The van der Waals surface area contributed by atoms with Crippen molar-refractivity contribution in [2.75, 3.05) is 12.4 Å². The third kappa shape index (κ3) is 3.85. The predicted molar refractivity (Wildman–Crippen MR) is 69.8 cm³/mol. The molecule has 0 aliphatic rings. The number of hydrogen-bond acceptors (Lipinski definition) is 4. The smallest absolute Gasteiger partial charge is 0.362 e. The molecule has 0 aliphatic heterocycles. The highest BCUT2D eigenvalue weighted by atomic mass is 19.4. The molecule has 2 rings (SSSR count). The Morgan fingerprint density at radius 2 is 2.18 bits per heavy atom. The quantitative estimate of drug-likeness (QED) is 0.910. The highest BCUT2D eigenvalue weighted by Crippen LogP contribution is 2.28. The van der Waals surface area contributed by atoms with E-state index in [4.69, 9.17) is 4.74 Å². The molecule has 10 heteroatoms. The molecule has 2 heterocycles. The van der Waals surface area contributed by atoms with Crippen molar-refractivity contribution in [1.82, 2.24) is 19.6 Å². The van der Waals surface area contributed by atoms with E-state index in [0.29, 0.717) is 5.69 Å². The molecule has 1 N–H and O–H groups in total. The molecule has 22 heavy (non-hydrogen) atoms. The minimum atomic E-state index is -4.53. The molecular weight excluding hydrogens is 303 g/mol. The second-order valence-electron chi connectivity index (χ2n) is 4.56. The van der Waals surface area contributed by atoms with Crippen molar-refractivity contribution >= 4 is 11.6 Å². The van der Waals surface area contributed by atoms with Gasteiger partial charge in [0, 0.05) is 12.8 Å². The summed E-state index contributed by atoms with van der Waals surface area (Å²) in [5, 5.41) is 9.84. The van der Waals surface area contributed by atoms with Crippen LogP contribution in [0.5, 0.6) is 0 Å². The van der Waals surface area contributed by atoms with Crippen molar-refractivity contribution in [2.45, 2.75) is 26.4 Å². The van der Waals surface area contributed by atoms with Crippen molar-refractivity contribution < 1.29 is 22.7 Å². The number of nitrogens with zero attached hydrogens (tertiary/aromatic N) is 4. The van der Waals surface area contributed by atoms with Crippen molar-refractivity contribution in [2.24, 2.45) is 0 Å². The fourth-order valence-electron chi connectivity index (χ4n) is 1.78. The first-order valence-corrected chi connectivity index (χ1v) is 6.22. The van der Waals surface area contributed by atoms with E-state index in [9.17, 15) is 18.0 Å². The number of hydrogen-bond donors (Lipinski definition) is 1. The average molecular weight is 317 g/mol. The minimum Gasteiger partial charge on any atom is -0.362 e. The third-order valence-corrected chi connectivity index (χ3v) is 2.74. The predicted octanol–water partition coefficient (Wildman–Crippen LogP) is 1.65. The fraction of sp³-hybridized carbons (Fsp3) is 0.417. The Balaban J connectivity index is 2.01. The van der Waals surface area contributed by atoms with Gasteiger partial charge in [-0.15, -0.1) is 0 Å². The highest BCUT2D eigenvalue weighted by Gasteiger charge is 2.34. The molecule has 120 valence electrons. The Labute approximate surface area is 123 Å². The molecule has 0 saturated heterocycles. The number of anilines is 1. The number of amides is 1. The van der Waals surface area contributed by atoms with Gasteiger partial charge >= 0.3 is 6.18 Å². The van der Waals surface area contributed by atoms with Gasteiger partial charge in [0.05, 0.1) is 18.1 Å². The number of carbonyl (C=O) groups is 1. The maximum absolute atomic E-state index is 12.5. The topological polar surface area (TPSA) is 74.0 Å². The molecule has 0 unspecified atom stereocenters. The first-order valence-electron chi connectivity index (χ1n) is 6.22. The summed E-state index contributed by atoms with van der Waals surface area (Å²) in [4.78, 5) is 11.8. The van der Waals surface area contributed by atoms with Gasteiger partial charge in [0.15, 0.2) is 5.69 Å². The molecule has 7 nitrogen and oxygen atoms in total. The molecule has 0 aromatic carbocycles. The van der Waals surface area contributed by atoms with Crippen LogP contribution in [0.1, 0.15) is 11.4 Å². The molecule has 2 aromatic rings. The zero-order chi connectivity index (χ0) is 16.3. The van der Waals surface area contributed by atoms with Gasteiger partial charge in [0.25, 0.3) is 0 Å². The van der Waals surface area contributed by atoms with Gasteiger partial charge in [-0.25, -0.2) is 4.68 Å². The van der Waals surface area contributed by atoms with Crippen LogP contribution in [0.2, 0.25) is 0 Å². The highest BCUT2D eigenvalue weighted by molar-refractivity contribution is 5.90. The van der Waals surface area contributed by atoms with Crippen LogP contribution in [0.25, 0.3) is 0 Å². The van der Waals surface area contributed by atoms with Crippen LogP contribution in [0.3, 0.4) is 0 Å². The van der Waals surface area contributed by atoms with Crippen molar-refractivity contribution in [3.05, 3.63) is 29.8 Å². The molecule has 0 fully saturated rings. The van der Waals surface area contributed by atoms with Gasteiger partial charge in [-0.05, 0) is 13.0 Å². The number of alkyl halides is 3. The largest absolute Gasteiger partial charge is 0.435 e. The van der Waals surface area contributed by atoms with E-state index >= 15 is 0 Å². The fourth-order valence-corrected chi connectivity index (χ4v) is 1.78. The van der Waals surface area contributed by atoms with Crippen LogP contribution in [0.4, 0.5) is 18.9 Å². The summed E-state index contributed by atoms with van der Waals surface area (Å²) < 4.78 is 44.9. The van der Waals surface area contributed by atoms with Crippen molar-refractivity contribution in [3.63, 3.8) is 0 Å². The van der Waals surface area contributed by atoms with Crippen LogP contribution >= 0.6 is 0 Å². The molecule has 0 radical (unpaired) electrons. The molecule has 0 atom stereocenters. The number of aromatic nitrogens is 4. The third-order valence-electron chi connectivity index (χ3n) is 2.74. The summed E-state index contributed by atoms with van der Waals surface area (Å²) in [7, 11) is 1.50. The van der Waals surface area contributed by atoms with Crippen LogP contribution in [-0.4, -0.2) is 32.6 Å². The maximum Gasteiger partial charge on any atom is 0.435 e. The Kier molecular flexibility index (Phi) is 4.50. The second kappa shape index (κ2) is 6.18. The number of nitrogens with one attached hydrogen (secondary N) is 1. The number of aryl methyl sites for hydroxylation is 1. The number of rotatable bonds is 5. The van der Waals surface area contributed by atoms with Crippen LogP contribution < -0.4 is 5.32 Å². The Morgan fingerprint density at radius 1 is 1.45 bits per heavy atom. The average Bonchev–Trinajstić information content (AvgIpc) is 2.97. The Morgan fingerprint density at radius 3 is 2.77 bits per heavy atom. The molecule has 0 bridgehead atoms. The second-order valence-corrected chi connectivity index (χ2v) is 4.56. The van der Waals surface area contributed by atoms with Crippen LogP contribution in [0, 0.1) is 6.92 Å². The van der Waals surface area contributed by atoms with Crippen LogP contribution in [0.15, 0.2) is 18.5 Å². The maximum atomic E-state index is 12.5. The van der Waals surface area contributed by atoms with Crippen molar-refractivity contribution in [3.8, 4) is 0 Å². The van der Waals surface area contributed by atoms with E-state index in [-0.39, 0.29) is 19.0 Å². The van der Waals surface area contributed by atoms with Gasteiger partial charge < -0.3 is 10.1 Å². The summed E-state index contributed by atoms with van der Waals surface area (Å²) in [5.41, 5.74) is -0.355. The number of methoxy groups -OCH3 is 1. The van der Waals surface area contributed by atoms with E-state index in [2.05, 4.69) is 15.5 Å². The van der Waals surface area contributed by atoms with Crippen molar-refractivity contribution in [1.29, 1.82) is 0 Å². The Hall–Kier alpha value is -2.36. The lowest BCUT2D eigenvalue weighted by molar-refractivity contribution is -0.141. The summed E-state index contributed by atoms with van der Waals surface area (Å²) >= 11 is 0. The lowest BCUT2D eigenvalue weighted by Gasteiger charge is -2.05. The van der Waals surface area contributed by atoms with E-state index in [0.717, 1.165) is 10.7 Å². The number of ether oxygens (including phenoxy) is 1. The van der Waals surface area contributed by atoms with Gasteiger partial charge in [-0.2, -0.15) is 23.4 Å². The standard InChI is InChI=1S/C12H14F3N5O2/c1-8-3-10(12(13,14)15)18-20(8)6-11(21)17-9-4-16-19(5-9)7-22-2/h3-5H,6-7H2,1-2H3,(H,17,21). The normalized spacial score (nSPS) is 11.7. The molecule has 0 spiro atoms. The zero-order valence-electron chi connectivity index (χ0n) is 11.9. The van der Waals surface area contributed by atoms with Crippen LogP contribution in [-0.2, 0) is 29.0 Å². The number of halogens is 3. The van der Waals surface area contributed by atoms with E-state index in [1.807, 2.05) is 0 Å². The van der Waals surface area contributed by atoms with Gasteiger partial charge in [-0.3, -0.25) is 9.48 Å².